The number of aromatic nitrogens is 3. The molecule has 3 aromatic heterocycles. The number of hydrogen-bond donors (Lipinski definition) is 0. The van der Waals surface area contributed by atoms with E-state index in [0.29, 0.717) is 17.5 Å². The Balaban J connectivity index is 1.24. The molecule has 3 heterocycles. The van der Waals surface area contributed by atoms with Crippen molar-refractivity contribution in [2.75, 3.05) is 0 Å². The maximum Gasteiger partial charge on any atom is 0.167 e. The SMILES string of the molecule is Brc1cc(-c2ccc3oc4ccccc4c3c2)cc(-c2nc(-c3ccccc3)nc(-c3cccc4c3oc3ccccc34)n2)c1. The molecular weight excluding hydrogens is 622 g/mol. The number of para-hydroxylation sites is 3. The molecule has 212 valence electrons. The van der Waals surface area contributed by atoms with E-state index in [1.807, 2.05) is 91.0 Å². The zero-order valence-electron chi connectivity index (χ0n) is 23.7. The molecule has 0 bridgehead atoms. The van der Waals surface area contributed by atoms with Crippen LogP contribution in [0.25, 0.3) is 89.2 Å². The third-order valence-corrected chi connectivity index (χ3v) is 8.64. The lowest BCUT2D eigenvalue weighted by Crippen LogP contribution is -2.00. The molecule has 0 amide bonds. The van der Waals surface area contributed by atoms with Crippen molar-refractivity contribution in [3.05, 3.63) is 138 Å². The molecule has 0 atom stereocenters. The van der Waals surface area contributed by atoms with Gasteiger partial charge in [0.2, 0.25) is 0 Å². The minimum absolute atomic E-state index is 0.552. The van der Waals surface area contributed by atoms with E-state index in [0.717, 1.165) is 76.2 Å². The summed E-state index contributed by atoms with van der Waals surface area (Å²) in [4.78, 5) is 15.0. The zero-order chi connectivity index (χ0) is 29.9. The van der Waals surface area contributed by atoms with Gasteiger partial charge < -0.3 is 8.83 Å². The molecule has 0 spiro atoms. The van der Waals surface area contributed by atoms with E-state index >= 15 is 0 Å². The van der Waals surface area contributed by atoms with Gasteiger partial charge >= 0.3 is 0 Å². The van der Waals surface area contributed by atoms with Crippen molar-refractivity contribution >= 4 is 59.8 Å². The van der Waals surface area contributed by atoms with Crippen LogP contribution in [0.5, 0.6) is 0 Å². The fourth-order valence-corrected chi connectivity index (χ4v) is 6.55. The standard InChI is InChI=1S/C39H22BrN3O2/c40-27-20-25(24-17-18-35-32(22-24)29-12-5-6-15-33(29)44-35)19-26(21-27)38-41-37(23-9-2-1-3-10-23)42-39(43-38)31-14-8-13-30-28-11-4-7-16-34(28)45-36(30)31/h1-22H. The van der Waals surface area contributed by atoms with Gasteiger partial charge in [0, 0.05) is 37.1 Å². The fraction of sp³-hybridized carbons (Fsp3) is 0. The topological polar surface area (TPSA) is 65.0 Å². The molecule has 6 heteroatoms. The van der Waals surface area contributed by atoms with Crippen molar-refractivity contribution in [1.82, 2.24) is 15.0 Å². The normalized spacial score (nSPS) is 11.7. The molecular formula is C39H22BrN3O2. The predicted molar refractivity (Wildman–Crippen MR) is 184 cm³/mol. The first kappa shape index (κ1) is 25.9. The maximum atomic E-state index is 6.37. The summed E-state index contributed by atoms with van der Waals surface area (Å²) in [7, 11) is 0. The van der Waals surface area contributed by atoms with Crippen molar-refractivity contribution in [3.8, 4) is 45.3 Å². The summed E-state index contributed by atoms with van der Waals surface area (Å²) in [5, 5.41) is 4.26. The quantitative estimate of drug-likeness (QED) is 0.191. The molecule has 0 radical (unpaired) electrons. The van der Waals surface area contributed by atoms with Gasteiger partial charge in [-0.3, -0.25) is 0 Å². The van der Waals surface area contributed by atoms with Crippen LogP contribution in [0.1, 0.15) is 0 Å². The lowest BCUT2D eigenvalue weighted by Gasteiger charge is -2.11. The van der Waals surface area contributed by atoms with Gasteiger partial charge in [-0.25, -0.2) is 15.0 Å². The molecule has 9 rings (SSSR count). The molecule has 0 saturated carbocycles. The van der Waals surface area contributed by atoms with E-state index in [-0.39, 0.29) is 0 Å². The number of rotatable bonds is 4. The zero-order valence-corrected chi connectivity index (χ0v) is 25.3. The number of furan rings is 2. The Bertz CT molecular complexity index is 2570. The average molecular weight is 645 g/mol. The van der Waals surface area contributed by atoms with E-state index in [9.17, 15) is 0 Å². The Labute approximate surface area is 266 Å². The third-order valence-electron chi connectivity index (χ3n) is 8.18. The Morgan fingerprint density at radius 1 is 0.400 bits per heavy atom. The molecule has 6 aromatic carbocycles. The van der Waals surface area contributed by atoms with Crippen molar-refractivity contribution in [2.24, 2.45) is 0 Å². The molecule has 0 aliphatic heterocycles. The van der Waals surface area contributed by atoms with Crippen LogP contribution in [0.3, 0.4) is 0 Å². The molecule has 0 fully saturated rings. The van der Waals surface area contributed by atoms with Crippen molar-refractivity contribution in [1.29, 1.82) is 0 Å². The minimum atomic E-state index is 0.552. The van der Waals surface area contributed by atoms with Crippen LogP contribution in [0.4, 0.5) is 0 Å². The summed E-state index contributed by atoms with van der Waals surface area (Å²) in [5.41, 5.74) is 8.03. The molecule has 0 aliphatic carbocycles. The van der Waals surface area contributed by atoms with E-state index in [1.54, 1.807) is 0 Å². The van der Waals surface area contributed by atoms with Crippen molar-refractivity contribution in [2.45, 2.75) is 0 Å². The summed E-state index contributed by atoms with van der Waals surface area (Å²) < 4.78 is 13.4. The van der Waals surface area contributed by atoms with E-state index < -0.39 is 0 Å². The van der Waals surface area contributed by atoms with Gasteiger partial charge in [-0.1, -0.05) is 101 Å². The Morgan fingerprint density at radius 2 is 1.02 bits per heavy atom. The van der Waals surface area contributed by atoms with Crippen LogP contribution in [-0.2, 0) is 0 Å². The molecule has 0 N–H and O–H groups in total. The summed E-state index contributed by atoms with van der Waals surface area (Å²) in [6.07, 6.45) is 0. The summed E-state index contributed by atoms with van der Waals surface area (Å²) in [5.74, 6) is 1.72. The van der Waals surface area contributed by atoms with Crippen LogP contribution < -0.4 is 0 Å². The molecule has 5 nitrogen and oxygen atoms in total. The maximum absolute atomic E-state index is 6.37. The monoisotopic (exact) mass is 643 g/mol. The van der Waals surface area contributed by atoms with Crippen LogP contribution in [0.2, 0.25) is 0 Å². The second-order valence-electron chi connectivity index (χ2n) is 11.0. The first-order chi connectivity index (χ1) is 22.2. The van der Waals surface area contributed by atoms with Gasteiger partial charge in [-0.05, 0) is 59.7 Å². The fourth-order valence-electron chi connectivity index (χ4n) is 6.06. The summed E-state index contributed by atoms with van der Waals surface area (Å²) in [6, 6.07) is 44.9. The van der Waals surface area contributed by atoms with Crippen LogP contribution in [-0.4, -0.2) is 15.0 Å². The van der Waals surface area contributed by atoms with E-state index in [1.165, 1.54) is 0 Å². The highest BCUT2D eigenvalue weighted by Crippen LogP contribution is 2.38. The number of halogens is 1. The smallest absolute Gasteiger partial charge is 0.167 e. The number of fused-ring (bicyclic) bond motifs is 6. The first-order valence-corrected chi connectivity index (χ1v) is 15.4. The lowest BCUT2D eigenvalue weighted by atomic mass is 10.0. The second-order valence-corrected chi connectivity index (χ2v) is 11.9. The van der Waals surface area contributed by atoms with Crippen LogP contribution >= 0.6 is 15.9 Å². The highest BCUT2D eigenvalue weighted by molar-refractivity contribution is 9.10. The Kier molecular flexibility index (Phi) is 5.89. The van der Waals surface area contributed by atoms with Crippen molar-refractivity contribution < 1.29 is 8.83 Å². The van der Waals surface area contributed by atoms with E-state index in [2.05, 4.69) is 58.4 Å². The summed E-state index contributed by atoms with van der Waals surface area (Å²) in [6.45, 7) is 0. The highest BCUT2D eigenvalue weighted by Gasteiger charge is 2.18. The van der Waals surface area contributed by atoms with Gasteiger partial charge in [0.05, 0.1) is 5.56 Å². The largest absolute Gasteiger partial charge is 0.456 e. The van der Waals surface area contributed by atoms with Gasteiger partial charge in [0.25, 0.3) is 0 Å². The van der Waals surface area contributed by atoms with E-state index in [4.69, 9.17) is 23.8 Å². The molecule has 0 aliphatic rings. The highest BCUT2D eigenvalue weighted by atomic mass is 79.9. The van der Waals surface area contributed by atoms with Crippen LogP contribution in [0.15, 0.2) is 147 Å². The van der Waals surface area contributed by atoms with Gasteiger partial charge in [-0.2, -0.15) is 0 Å². The predicted octanol–water partition coefficient (Wildman–Crippen LogP) is 11.1. The second kappa shape index (κ2) is 10.3. The average Bonchev–Trinajstić information content (AvgIpc) is 3.66. The van der Waals surface area contributed by atoms with Crippen molar-refractivity contribution in [3.63, 3.8) is 0 Å². The van der Waals surface area contributed by atoms with Gasteiger partial charge in [-0.15, -0.1) is 0 Å². The third kappa shape index (κ3) is 4.41. The summed E-state index contributed by atoms with van der Waals surface area (Å²) >= 11 is 3.76. The number of hydrogen-bond acceptors (Lipinski definition) is 5. The number of benzene rings is 6. The Morgan fingerprint density at radius 3 is 1.84 bits per heavy atom. The Hall–Kier alpha value is -5.59. The molecule has 45 heavy (non-hydrogen) atoms. The van der Waals surface area contributed by atoms with Gasteiger partial charge in [0.1, 0.15) is 22.3 Å². The molecule has 0 unspecified atom stereocenters. The molecule has 0 saturated heterocycles. The minimum Gasteiger partial charge on any atom is -0.456 e. The first-order valence-electron chi connectivity index (χ1n) is 14.6. The van der Waals surface area contributed by atoms with Gasteiger partial charge in [0.15, 0.2) is 17.5 Å². The number of nitrogens with zero attached hydrogens (tertiary/aromatic N) is 3. The molecule has 9 aromatic rings. The van der Waals surface area contributed by atoms with Crippen LogP contribution in [0, 0.1) is 0 Å². The lowest BCUT2D eigenvalue weighted by molar-refractivity contribution is 0.669.